The molecule has 4 aromatic rings. The molecule has 6 nitrogen and oxygen atoms in total. The molecule has 0 aliphatic carbocycles. The van der Waals surface area contributed by atoms with E-state index in [0.717, 1.165) is 28.6 Å². The summed E-state index contributed by atoms with van der Waals surface area (Å²) in [6, 6.07) is 10.3. The Morgan fingerprint density at radius 2 is 1.77 bits per heavy atom. The number of fused-ring (bicyclic) bond motifs is 2. The highest BCUT2D eigenvalue weighted by atomic mass is 19.4. The molecule has 1 atom stereocenters. The molecule has 0 fully saturated rings. The van der Waals surface area contributed by atoms with Crippen molar-refractivity contribution in [2.75, 3.05) is 11.4 Å². The third-order valence-electron chi connectivity index (χ3n) is 5.67. The van der Waals surface area contributed by atoms with E-state index in [-0.39, 0.29) is 11.9 Å². The Morgan fingerprint density at radius 1 is 1.03 bits per heavy atom. The van der Waals surface area contributed by atoms with Crippen molar-refractivity contribution in [1.82, 2.24) is 19.6 Å². The first-order valence-corrected chi connectivity index (χ1v) is 9.73. The lowest BCUT2D eigenvalue weighted by Gasteiger charge is -2.32. The topological polar surface area (TPSA) is 56.0 Å². The summed E-state index contributed by atoms with van der Waals surface area (Å²) in [5.74, 6) is -0.296. The summed E-state index contributed by atoms with van der Waals surface area (Å²) < 4.78 is 42.2. The first-order chi connectivity index (χ1) is 14.7. The fraction of sp³-hybridized carbons (Fsp3) is 0.227. The lowest BCUT2D eigenvalue weighted by atomic mass is 10.0. The van der Waals surface area contributed by atoms with Crippen LogP contribution in [0.1, 0.15) is 29.0 Å². The van der Waals surface area contributed by atoms with Gasteiger partial charge in [-0.3, -0.25) is 14.2 Å². The van der Waals surface area contributed by atoms with E-state index >= 15 is 0 Å². The third-order valence-corrected chi connectivity index (χ3v) is 5.67. The number of hydrogen-bond acceptors (Lipinski definition) is 3. The minimum Gasteiger partial charge on any atom is -0.305 e. The van der Waals surface area contributed by atoms with Crippen LogP contribution in [0.5, 0.6) is 0 Å². The number of aromatic nitrogens is 4. The molecular formula is C22H18F3N5O. The molecule has 0 N–H and O–H groups in total. The van der Waals surface area contributed by atoms with Crippen LogP contribution in [-0.4, -0.2) is 32.0 Å². The molecule has 2 aromatic carbocycles. The number of amides is 1. The minimum atomic E-state index is -4.42. The van der Waals surface area contributed by atoms with E-state index in [1.54, 1.807) is 21.8 Å². The second-order valence-corrected chi connectivity index (χ2v) is 7.70. The summed E-state index contributed by atoms with van der Waals surface area (Å²) in [7, 11) is 1.85. The lowest BCUT2D eigenvalue weighted by molar-refractivity contribution is -0.137. The van der Waals surface area contributed by atoms with Gasteiger partial charge in [0.1, 0.15) is 5.69 Å². The molecule has 158 valence electrons. The molecule has 1 aliphatic heterocycles. The van der Waals surface area contributed by atoms with E-state index in [1.807, 2.05) is 32.2 Å². The maximum absolute atomic E-state index is 13.4. The Bertz CT molecular complexity index is 1300. The molecule has 5 rings (SSSR count). The van der Waals surface area contributed by atoms with Crippen LogP contribution in [-0.2, 0) is 13.2 Å². The fourth-order valence-corrected chi connectivity index (χ4v) is 4.04. The van der Waals surface area contributed by atoms with Crippen LogP contribution in [0.4, 0.5) is 18.9 Å². The molecule has 31 heavy (non-hydrogen) atoms. The van der Waals surface area contributed by atoms with E-state index in [2.05, 4.69) is 10.2 Å². The number of nitrogens with zero attached hydrogens (tertiary/aromatic N) is 5. The monoisotopic (exact) mass is 425 g/mol. The Hall–Kier alpha value is -3.62. The lowest BCUT2D eigenvalue weighted by Crippen LogP contribution is -2.42. The van der Waals surface area contributed by atoms with Gasteiger partial charge in [-0.2, -0.15) is 23.4 Å². The summed E-state index contributed by atoms with van der Waals surface area (Å²) in [5, 5.41) is 9.66. The molecule has 2 aromatic heterocycles. The highest BCUT2D eigenvalue weighted by Crippen LogP contribution is 2.35. The Kier molecular flexibility index (Phi) is 4.18. The number of rotatable bonds is 2. The van der Waals surface area contributed by atoms with Gasteiger partial charge in [-0.25, -0.2) is 0 Å². The highest BCUT2D eigenvalue weighted by molar-refractivity contribution is 6.10. The maximum atomic E-state index is 13.4. The zero-order valence-electron chi connectivity index (χ0n) is 16.8. The van der Waals surface area contributed by atoms with Crippen molar-refractivity contribution >= 4 is 22.5 Å². The van der Waals surface area contributed by atoms with Gasteiger partial charge in [0.05, 0.1) is 29.5 Å². The summed E-state index contributed by atoms with van der Waals surface area (Å²) >= 11 is 0. The molecule has 9 heteroatoms. The van der Waals surface area contributed by atoms with E-state index < -0.39 is 11.7 Å². The molecule has 0 saturated heterocycles. The summed E-state index contributed by atoms with van der Waals surface area (Å²) in [4.78, 5) is 14.9. The summed E-state index contributed by atoms with van der Waals surface area (Å²) in [5.41, 5.74) is 2.52. The number of halogens is 3. The van der Waals surface area contributed by atoms with Crippen molar-refractivity contribution in [3.05, 3.63) is 66.1 Å². The molecule has 0 radical (unpaired) electrons. The molecule has 0 bridgehead atoms. The van der Waals surface area contributed by atoms with Gasteiger partial charge in [-0.1, -0.05) is 12.1 Å². The Balaban J connectivity index is 1.57. The highest BCUT2D eigenvalue weighted by Gasteiger charge is 2.35. The quantitative estimate of drug-likeness (QED) is 0.469. The van der Waals surface area contributed by atoms with Crippen molar-refractivity contribution in [2.45, 2.75) is 19.1 Å². The van der Waals surface area contributed by atoms with Gasteiger partial charge in [0.15, 0.2) is 0 Å². The molecule has 3 heterocycles. The largest absolute Gasteiger partial charge is 0.416 e. The van der Waals surface area contributed by atoms with Crippen LogP contribution < -0.4 is 4.90 Å². The van der Waals surface area contributed by atoms with Gasteiger partial charge >= 0.3 is 6.18 Å². The number of hydrogen-bond donors (Lipinski definition) is 0. The summed E-state index contributed by atoms with van der Waals surface area (Å²) in [6.07, 6.45) is -0.988. The number of aryl methyl sites for hydroxylation is 1. The van der Waals surface area contributed by atoms with Gasteiger partial charge in [0, 0.05) is 30.2 Å². The smallest absolute Gasteiger partial charge is 0.305 e. The van der Waals surface area contributed by atoms with Crippen molar-refractivity contribution in [3.8, 4) is 11.1 Å². The van der Waals surface area contributed by atoms with Gasteiger partial charge < -0.3 is 4.90 Å². The van der Waals surface area contributed by atoms with Gasteiger partial charge in [-0.05, 0) is 42.8 Å². The van der Waals surface area contributed by atoms with Crippen LogP contribution in [0, 0.1) is 0 Å². The van der Waals surface area contributed by atoms with Crippen LogP contribution in [0.15, 0.2) is 54.9 Å². The van der Waals surface area contributed by atoms with Crippen LogP contribution >= 0.6 is 0 Å². The normalized spacial score (nSPS) is 16.7. The predicted octanol–water partition coefficient (Wildman–Crippen LogP) is 4.68. The molecule has 0 unspecified atom stereocenters. The number of alkyl halides is 3. The SMILES string of the molecule is C[C@H]1CN(c2ccc(C(F)(F)F)cc2)C(=O)c2c(-c3ccc4cnn(C)c4c3)cnn21. The van der Waals surface area contributed by atoms with Gasteiger partial charge in [0.2, 0.25) is 0 Å². The maximum Gasteiger partial charge on any atom is 0.416 e. The molecule has 1 aliphatic rings. The second-order valence-electron chi connectivity index (χ2n) is 7.70. The molecule has 1 amide bonds. The Morgan fingerprint density at radius 3 is 2.48 bits per heavy atom. The predicted molar refractivity (Wildman–Crippen MR) is 110 cm³/mol. The van der Waals surface area contributed by atoms with Gasteiger partial charge in [0.25, 0.3) is 5.91 Å². The Labute approximate surface area is 175 Å². The zero-order chi connectivity index (χ0) is 21.9. The van der Waals surface area contributed by atoms with Crippen molar-refractivity contribution in [1.29, 1.82) is 0 Å². The minimum absolute atomic E-state index is 0.135. The van der Waals surface area contributed by atoms with Crippen LogP contribution in [0.3, 0.4) is 0 Å². The standard InChI is InChI=1S/C22H18F3N5O/c1-13-12-29(17-7-5-16(6-8-17)22(23,24)25)21(31)20-18(11-27-30(13)20)14-3-4-15-10-26-28(2)19(15)9-14/h3-11,13H,12H2,1-2H3/t13-/m0/s1. The van der Waals surface area contributed by atoms with E-state index in [9.17, 15) is 18.0 Å². The molecular weight excluding hydrogens is 407 g/mol. The number of anilines is 1. The molecule has 0 saturated carbocycles. The fourth-order valence-electron chi connectivity index (χ4n) is 4.04. The summed E-state index contributed by atoms with van der Waals surface area (Å²) in [6.45, 7) is 2.24. The first-order valence-electron chi connectivity index (χ1n) is 9.73. The van der Waals surface area contributed by atoms with E-state index in [0.29, 0.717) is 23.5 Å². The second kappa shape index (κ2) is 6.69. The number of carbonyl (C=O) groups excluding carboxylic acids is 1. The van der Waals surface area contributed by atoms with Crippen molar-refractivity contribution in [2.24, 2.45) is 7.05 Å². The number of carbonyl (C=O) groups is 1. The van der Waals surface area contributed by atoms with Gasteiger partial charge in [-0.15, -0.1) is 0 Å². The first kappa shape index (κ1) is 19.3. The van der Waals surface area contributed by atoms with Crippen molar-refractivity contribution < 1.29 is 18.0 Å². The van der Waals surface area contributed by atoms with Crippen LogP contribution in [0.2, 0.25) is 0 Å². The van der Waals surface area contributed by atoms with Crippen LogP contribution in [0.25, 0.3) is 22.0 Å². The zero-order valence-corrected chi connectivity index (χ0v) is 16.8. The third kappa shape index (κ3) is 3.08. The average Bonchev–Trinajstić information content (AvgIpc) is 3.35. The van der Waals surface area contributed by atoms with E-state index in [1.165, 1.54) is 17.0 Å². The number of benzene rings is 2. The van der Waals surface area contributed by atoms with E-state index in [4.69, 9.17) is 0 Å². The average molecular weight is 425 g/mol. The van der Waals surface area contributed by atoms with Crippen molar-refractivity contribution in [3.63, 3.8) is 0 Å². The molecule has 0 spiro atoms.